The average molecular weight is 276 g/mol. The van der Waals surface area contributed by atoms with E-state index in [-0.39, 0.29) is 0 Å². The number of aromatic nitrogens is 1. The van der Waals surface area contributed by atoms with Gasteiger partial charge in [-0.1, -0.05) is 6.92 Å². The largest absolute Gasteiger partial charge is 0.490 e. The van der Waals surface area contributed by atoms with Crippen molar-refractivity contribution in [2.24, 2.45) is 0 Å². The summed E-state index contributed by atoms with van der Waals surface area (Å²) in [4.78, 5) is 9.42. The first-order valence-electron chi connectivity index (χ1n) is 7.66. The summed E-state index contributed by atoms with van der Waals surface area (Å²) in [6.45, 7) is 9.59. The Hall–Kier alpha value is -1.33. The number of anilines is 1. The SMILES string of the molecule is CCCOc1cccnc1N1CC(N2CCNCC2)C1. The molecule has 0 radical (unpaired) electrons. The lowest BCUT2D eigenvalue weighted by Crippen LogP contribution is -2.63. The number of ether oxygens (including phenoxy) is 1. The third-order valence-corrected chi connectivity index (χ3v) is 4.04. The van der Waals surface area contributed by atoms with E-state index in [0.29, 0.717) is 6.04 Å². The van der Waals surface area contributed by atoms with Gasteiger partial charge >= 0.3 is 0 Å². The zero-order chi connectivity index (χ0) is 13.8. The average Bonchev–Trinajstić information content (AvgIpc) is 2.46. The molecule has 110 valence electrons. The Labute approximate surface area is 120 Å². The minimum Gasteiger partial charge on any atom is -0.490 e. The van der Waals surface area contributed by atoms with Crippen LogP contribution < -0.4 is 15.0 Å². The van der Waals surface area contributed by atoms with Gasteiger partial charge in [0, 0.05) is 51.5 Å². The molecule has 2 fully saturated rings. The highest BCUT2D eigenvalue weighted by molar-refractivity contribution is 5.54. The van der Waals surface area contributed by atoms with Gasteiger partial charge in [0.05, 0.1) is 6.61 Å². The Bertz CT molecular complexity index is 428. The molecule has 3 rings (SSSR count). The molecule has 2 aliphatic rings. The zero-order valence-electron chi connectivity index (χ0n) is 12.2. The molecule has 0 unspecified atom stereocenters. The Morgan fingerprint density at radius 2 is 2.15 bits per heavy atom. The smallest absolute Gasteiger partial charge is 0.171 e. The van der Waals surface area contributed by atoms with Gasteiger partial charge in [0.2, 0.25) is 0 Å². The summed E-state index contributed by atoms with van der Waals surface area (Å²) in [6, 6.07) is 4.65. The lowest BCUT2D eigenvalue weighted by Gasteiger charge is -2.47. The van der Waals surface area contributed by atoms with Crippen molar-refractivity contribution in [3.8, 4) is 5.75 Å². The summed E-state index contributed by atoms with van der Waals surface area (Å²) in [6.07, 6.45) is 2.88. The molecule has 0 atom stereocenters. The second kappa shape index (κ2) is 6.41. The number of rotatable bonds is 5. The van der Waals surface area contributed by atoms with Gasteiger partial charge in [0.1, 0.15) is 0 Å². The topological polar surface area (TPSA) is 40.6 Å². The summed E-state index contributed by atoms with van der Waals surface area (Å²) in [7, 11) is 0. The van der Waals surface area contributed by atoms with E-state index in [1.54, 1.807) is 0 Å². The fourth-order valence-corrected chi connectivity index (χ4v) is 2.85. The van der Waals surface area contributed by atoms with E-state index in [0.717, 1.165) is 50.8 Å². The molecule has 1 aromatic heterocycles. The summed E-state index contributed by atoms with van der Waals surface area (Å²) in [5.74, 6) is 1.93. The first-order chi connectivity index (χ1) is 9.88. The first-order valence-corrected chi connectivity index (χ1v) is 7.66. The van der Waals surface area contributed by atoms with Crippen molar-refractivity contribution in [2.75, 3.05) is 50.8 Å². The fourth-order valence-electron chi connectivity index (χ4n) is 2.85. The van der Waals surface area contributed by atoms with Gasteiger partial charge in [-0.15, -0.1) is 0 Å². The number of pyridine rings is 1. The molecule has 5 heteroatoms. The standard InChI is InChI=1S/C15H24N4O/c1-2-10-20-14-4-3-5-17-15(14)19-11-13(12-19)18-8-6-16-7-9-18/h3-5,13,16H,2,6-12H2,1H3. The Morgan fingerprint density at radius 1 is 1.35 bits per heavy atom. The van der Waals surface area contributed by atoms with Gasteiger partial charge in [-0.3, -0.25) is 4.90 Å². The van der Waals surface area contributed by atoms with E-state index >= 15 is 0 Å². The molecule has 5 nitrogen and oxygen atoms in total. The van der Waals surface area contributed by atoms with Crippen molar-refractivity contribution in [1.29, 1.82) is 0 Å². The number of nitrogens with one attached hydrogen (secondary N) is 1. The van der Waals surface area contributed by atoms with E-state index in [1.165, 1.54) is 13.1 Å². The Morgan fingerprint density at radius 3 is 2.90 bits per heavy atom. The van der Waals surface area contributed by atoms with Crippen LogP contribution in [0.5, 0.6) is 5.75 Å². The van der Waals surface area contributed by atoms with Gasteiger partial charge < -0.3 is 15.0 Å². The first kappa shape index (κ1) is 13.6. The maximum atomic E-state index is 5.80. The van der Waals surface area contributed by atoms with Crippen LogP contribution in [0.4, 0.5) is 5.82 Å². The van der Waals surface area contributed by atoms with Crippen LogP contribution in [0.15, 0.2) is 18.3 Å². The quantitative estimate of drug-likeness (QED) is 0.867. The summed E-state index contributed by atoms with van der Waals surface area (Å²) in [5, 5.41) is 3.41. The maximum Gasteiger partial charge on any atom is 0.171 e. The number of hydrogen-bond donors (Lipinski definition) is 1. The molecule has 3 heterocycles. The second-order valence-electron chi connectivity index (χ2n) is 5.52. The van der Waals surface area contributed by atoms with Crippen LogP contribution in [0.25, 0.3) is 0 Å². The highest BCUT2D eigenvalue weighted by Crippen LogP contribution is 2.30. The van der Waals surface area contributed by atoms with Crippen molar-refractivity contribution < 1.29 is 4.74 Å². The molecular weight excluding hydrogens is 252 g/mol. The molecule has 0 saturated carbocycles. The summed E-state index contributed by atoms with van der Waals surface area (Å²) < 4.78 is 5.80. The highest BCUT2D eigenvalue weighted by atomic mass is 16.5. The minimum absolute atomic E-state index is 0.679. The van der Waals surface area contributed by atoms with E-state index in [1.807, 2.05) is 18.3 Å². The Kier molecular flexibility index (Phi) is 4.38. The van der Waals surface area contributed by atoms with E-state index in [2.05, 4.69) is 27.0 Å². The lowest BCUT2D eigenvalue weighted by molar-refractivity contribution is 0.146. The van der Waals surface area contributed by atoms with Crippen LogP contribution in [-0.4, -0.2) is 61.8 Å². The molecule has 0 bridgehead atoms. The lowest BCUT2D eigenvalue weighted by atomic mass is 10.1. The minimum atomic E-state index is 0.679. The van der Waals surface area contributed by atoms with Crippen LogP contribution in [0.3, 0.4) is 0 Å². The molecule has 0 spiro atoms. The van der Waals surface area contributed by atoms with Gasteiger partial charge in [-0.05, 0) is 18.6 Å². The van der Waals surface area contributed by atoms with Gasteiger partial charge in [-0.25, -0.2) is 4.98 Å². The molecule has 0 amide bonds. The van der Waals surface area contributed by atoms with Gasteiger partial charge in [0.25, 0.3) is 0 Å². The van der Waals surface area contributed by atoms with Gasteiger partial charge in [-0.2, -0.15) is 0 Å². The number of hydrogen-bond acceptors (Lipinski definition) is 5. The predicted molar refractivity (Wildman–Crippen MR) is 80.5 cm³/mol. The number of nitrogens with zero attached hydrogens (tertiary/aromatic N) is 3. The monoisotopic (exact) mass is 276 g/mol. The second-order valence-corrected chi connectivity index (χ2v) is 5.52. The van der Waals surface area contributed by atoms with Crippen LogP contribution >= 0.6 is 0 Å². The molecular formula is C15H24N4O. The molecule has 0 aliphatic carbocycles. The van der Waals surface area contributed by atoms with Gasteiger partial charge in [0.15, 0.2) is 11.6 Å². The van der Waals surface area contributed by atoms with Crippen molar-refractivity contribution >= 4 is 5.82 Å². The van der Waals surface area contributed by atoms with Crippen LogP contribution in [0.1, 0.15) is 13.3 Å². The molecule has 0 aromatic carbocycles. The normalized spacial score (nSPS) is 20.8. The molecule has 2 aliphatic heterocycles. The highest BCUT2D eigenvalue weighted by Gasteiger charge is 2.34. The number of piperazine rings is 1. The third kappa shape index (κ3) is 2.88. The third-order valence-electron chi connectivity index (χ3n) is 4.04. The molecule has 1 aromatic rings. The zero-order valence-corrected chi connectivity index (χ0v) is 12.2. The Balaban J connectivity index is 1.58. The van der Waals surface area contributed by atoms with Crippen molar-refractivity contribution in [3.05, 3.63) is 18.3 Å². The maximum absolute atomic E-state index is 5.80. The van der Waals surface area contributed by atoms with E-state index in [9.17, 15) is 0 Å². The van der Waals surface area contributed by atoms with Crippen LogP contribution in [0, 0.1) is 0 Å². The molecule has 1 N–H and O–H groups in total. The molecule has 2 saturated heterocycles. The summed E-state index contributed by atoms with van der Waals surface area (Å²) >= 11 is 0. The molecule has 20 heavy (non-hydrogen) atoms. The van der Waals surface area contributed by atoms with E-state index in [4.69, 9.17) is 4.74 Å². The van der Waals surface area contributed by atoms with Crippen molar-refractivity contribution in [3.63, 3.8) is 0 Å². The van der Waals surface area contributed by atoms with Crippen LogP contribution in [0.2, 0.25) is 0 Å². The fraction of sp³-hybridized carbons (Fsp3) is 0.667. The van der Waals surface area contributed by atoms with Crippen molar-refractivity contribution in [2.45, 2.75) is 19.4 Å². The van der Waals surface area contributed by atoms with Crippen LogP contribution in [-0.2, 0) is 0 Å². The predicted octanol–water partition coefficient (Wildman–Crippen LogP) is 0.964. The summed E-state index contributed by atoms with van der Waals surface area (Å²) in [5.41, 5.74) is 0. The van der Waals surface area contributed by atoms with E-state index < -0.39 is 0 Å². The van der Waals surface area contributed by atoms with Crippen molar-refractivity contribution in [1.82, 2.24) is 15.2 Å².